The van der Waals surface area contributed by atoms with Crippen LogP contribution in [0.5, 0.6) is 0 Å². The summed E-state index contributed by atoms with van der Waals surface area (Å²) in [6.45, 7) is 7.12. The lowest BCUT2D eigenvalue weighted by Crippen LogP contribution is -2.48. The Morgan fingerprint density at radius 1 is 1.38 bits per heavy atom. The Morgan fingerprint density at radius 2 is 2.10 bits per heavy atom. The fourth-order valence-corrected chi connectivity index (χ4v) is 2.40. The van der Waals surface area contributed by atoms with Gasteiger partial charge < -0.3 is 15.0 Å². The molecule has 1 N–H and O–H groups in total. The molecule has 1 aliphatic rings. The molecule has 2 rings (SSSR count). The first kappa shape index (κ1) is 15.5. The number of nitrogens with zero attached hydrogens (tertiary/aromatic N) is 3. The summed E-state index contributed by atoms with van der Waals surface area (Å²) in [5, 5.41) is 3.29. The molecule has 1 aromatic rings. The highest BCUT2D eigenvalue weighted by molar-refractivity contribution is 5.68. The van der Waals surface area contributed by atoms with Gasteiger partial charge in [-0.3, -0.25) is 0 Å². The van der Waals surface area contributed by atoms with E-state index in [0.717, 1.165) is 31.5 Å². The third-order valence-electron chi connectivity index (χ3n) is 3.36. The number of carbonyl (C=O) groups is 1. The lowest BCUT2D eigenvalue weighted by Gasteiger charge is -2.37. The molecule has 0 aliphatic carbocycles. The second-order valence-corrected chi connectivity index (χ2v) is 6.33. The van der Waals surface area contributed by atoms with Gasteiger partial charge in [-0.1, -0.05) is 0 Å². The number of ether oxygens (including phenoxy) is 1. The van der Waals surface area contributed by atoms with Crippen molar-refractivity contribution >= 4 is 11.8 Å². The molecule has 1 saturated heterocycles. The van der Waals surface area contributed by atoms with Crippen molar-refractivity contribution in [3.05, 3.63) is 18.7 Å². The molecule has 0 aromatic carbocycles. The maximum atomic E-state index is 12.3. The van der Waals surface area contributed by atoms with Crippen molar-refractivity contribution in [2.45, 2.75) is 51.7 Å². The standard InChI is InChI=1S/C15H24N4O2/c1-15(2,3)21-14(20)19-7-5-4-6-13(19)10-18-12-8-16-11-17-9-12/h8-9,11,13,18H,4-7,10H2,1-3H3. The van der Waals surface area contributed by atoms with E-state index in [4.69, 9.17) is 4.74 Å². The van der Waals surface area contributed by atoms with E-state index >= 15 is 0 Å². The molecule has 6 heteroatoms. The normalized spacial score (nSPS) is 19.2. The minimum Gasteiger partial charge on any atom is -0.444 e. The van der Waals surface area contributed by atoms with Crippen LogP contribution in [-0.4, -0.2) is 45.7 Å². The Labute approximate surface area is 125 Å². The van der Waals surface area contributed by atoms with Crippen LogP contribution < -0.4 is 5.32 Å². The van der Waals surface area contributed by atoms with Gasteiger partial charge in [0, 0.05) is 13.1 Å². The Hall–Kier alpha value is -1.85. The van der Waals surface area contributed by atoms with E-state index in [-0.39, 0.29) is 12.1 Å². The molecule has 1 fully saturated rings. The summed E-state index contributed by atoms with van der Waals surface area (Å²) in [7, 11) is 0. The highest BCUT2D eigenvalue weighted by atomic mass is 16.6. The molecule has 1 amide bonds. The molecule has 116 valence electrons. The van der Waals surface area contributed by atoms with E-state index in [1.54, 1.807) is 12.4 Å². The number of rotatable bonds is 3. The number of carbonyl (C=O) groups excluding carboxylic acids is 1. The lowest BCUT2D eigenvalue weighted by molar-refractivity contribution is 0.0114. The number of amides is 1. The largest absolute Gasteiger partial charge is 0.444 e. The van der Waals surface area contributed by atoms with E-state index in [1.165, 1.54) is 6.33 Å². The minimum atomic E-state index is -0.459. The number of likely N-dealkylation sites (tertiary alicyclic amines) is 1. The van der Waals surface area contributed by atoms with Crippen molar-refractivity contribution in [3.63, 3.8) is 0 Å². The fourth-order valence-electron chi connectivity index (χ4n) is 2.40. The molecule has 1 unspecified atom stereocenters. The number of hydrogen-bond donors (Lipinski definition) is 1. The van der Waals surface area contributed by atoms with Crippen LogP contribution in [0.15, 0.2) is 18.7 Å². The van der Waals surface area contributed by atoms with Gasteiger partial charge in [-0.2, -0.15) is 0 Å². The van der Waals surface area contributed by atoms with Crippen molar-refractivity contribution in [1.82, 2.24) is 14.9 Å². The Balaban J connectivity index is 1.94. The van der Waals surface area contributed by atoms with Crippen LogP contribution in [0.2, 0.25) is 0 Å². The SMILES string of the molecule is CC(C)(C)OC(=O)N1CCCCC1CNc1cncnc1. The van der Waals surface area contributed by atoms with Crippen molar-refractivity contribution < 1.29 is 9.53 Å². The summed E-state index contributed by atoms with van der Waals surface area (Å²) in [4.78, 5) is 22.1. The first-order valence-corrected chi connectivity index (χ1v) is 7.44. The molecule has 1 aromatic heterocycles. The van der Waals surface area contributed by atoms with Crippen LogP contribution in [0, 0.1) is 0 Å². The summed E-state index contributed by atoms with van der Waals surface area (Å²) in [6.07, 6.45) is 7.89. The molecule has 0 saturated carbocycles. The van der Waals surface area contributed by atoms with Gasteiger partial charge in [0.05, 0.1) is 24.1 Å². The van der Waals surface area contributed by atoms with Gasteiger partial charge >= 0.3 is 6.09 Å². The minimum absolute atomic E-state index is 0.147. The molecule has 1 atom stereocenters. The zero-order chi connectivity index (χ0) is 15.3. The van der Waals surface area contributed by atoms with Crippen LogP contribution in [0.3, 0.4) is 0 Å². The number of aromatic nitrogens is 2. The molecule has 1 aliphatic heterocycles. The van der Waals surface area contributed by atoms with E-state index in [1.807, 2.05) is 25.7 Å². The highest BCUT2D eigenvalue weighted by Gasteiger charge is 2.30. The lowest BCUT2D eigenvalue weighted by atomic mass is 10.0. The monoisotopic (exact) mass is 292 g/mol. The smallest absolute Gasteiger partial charge is 0.410 e. The molecule has 0 radical (unpaired) electrons. The van der Waals surface area contributed by atoms with Crippen LogP contribution >= 0.6 is 0 Å². The molecule has 6 nitrogen and oxygen atoms in total. The average Bonchev–Trinajstić information content (AvgIpc) is 2.45. The third-order valence-corrected chi connectivity index (χ3v) is 3.36. The number of nitrogens with one attached hydrogen (secondary N) is 1. The third kappa shape index (κ3) is 4.88. The predicted octanol–water partition coefficient (Wildman–Crippen LogP) is 2.68. The summed E-state index contributed by atoms with van der Waals surface area (Å²) < 4.78 is 5.49. The Kier molecular flexibility index (Phi) is 4.98. The number of anilines is 1. The maximum absolute atomic E-state index is 12.3. The number of piperidine rings is 1. The van der Waals surface area contributed by atoms with Crippen molar-refractivity contribution in [3.8, 4) is 0 Å². The van der Waals surface area contributed by atoms with Gasteiger partial charge in [-0.25, -0.2) is 14.8 Å². The van der Waals surface area contributed by atoms with Crippen LogP contribution in [-0.2, 0) is 4.74 Å². The van der Waals surface area contributed by atoms with Gasteiger partial charge in [-0.05, 0) is 40.0 Å². The molecule has 0 bridgehead atoms. The molecule has 0 spiro atoms. The summed E-state index contributed by atoms with van der Waals surface area (Å²) in [5.74, 6) is 0. The zero-order valence-corrected chi connectivity index (χ0v) is 13.0. The van der Waals surface area contributed by atoms with Crippen molar-refractivity contribution in [1.29, 1.82) is 0 Å². The van der Waals surface area contributed by atoms with E-state index in [9.17, 15) is 4.79 Å². The summed E-state index contributed by atoms with van der Waals surface area (Å²) in [5.41, 5.74) is 0.409. The quantitative estimate of drug-likeness (QED) is 0.927. The second-order valence-electron chi connectivity index (χ2n) is 6.33. The Bertz CT molecular complexity index is 458. The van der Waals surface area contributed by atoms with Gasteiger partial charge in [0.2, 0.25) is 0 Å². The number of hydrogen-bond acceptors (Lipinski definition) is 5. The van der Waals surface area contributed by atoms with Crippen molar-refractivity contribution in [2.24, 2.45) is 0 Å². The summed E-state index contributed by atoms with van der Waals surface area (Å²) in [6, 6.07) is 0.147. The molecular weight excluding hydrogens is 268 g/mol. The Morgan fingerprint density at radius 3 is 2.76 bits per heavy atom. The van der Waals surface area contributed by atoms with Crippen molar-refractivity contribution in [2.75, 3.05) is 18.4 Å². The zero-order valence-electron chi connectivity index (χ0n) is 13.0. The fraction of sp³-hybridized carbons (Fsp3) is 0.667. The van der Waals surface area contributed by atoms with Crippen LogP contribution in [0.25, 0.3) is 0 Å². The van der Waals surface area contributed by atoms with Gasteiger partial charge in [0.1, 0.15) is 11.9 Å². The summed E-state index contributed by atoms with van der Waals surface area (Å²) >= 11 is 0. The van der Waals surface area contributed by atoms with Gasteiger partial charge in [-0.15, -0.1) is 0 Å². The van der Waals surface area contributed by atoms with E-state index < -0.39 is 5.60 Å². The van der Waals surface area contributed by atoms with E-state index in [0.29, 0.717) is 6.54 Å². The molecule has 2 heterocycles. The van der Waals surface area contributed by atoms with Gasteiger partial charge in [0.25, 0.3) is 0 Å². The predicted molar refractivity (Wildman–Crippen MR) is 81.1 cm³/mol. The second kappa shape index (κ2) is 6.74. The van der Waals surface area contributed by atoms with Crippen LogP contribution in [0.1, 0.15) is 40.0 Å². The van der Waals surface area contributed by atoms with Crippen LogP contribution in [0.4, 0.5) is 10.5 Å². The highest BCUT2D eigenvalue weighted by Crippen LogP contribution is 2.20. The molecule has 21 heavy (non-hydrogen) atoms. The van der Waals surface area contributed by atoms with Gasteiger partial charge in [0.15, 0.2) is 0 Å². The molecular formula is C15H24N4O2. The van der Waals surface area contributed by atoms with E-state index in [2.05, 4.69) is 15.3 Å². The topological polar surface area (TPSA) is 67.3 Å². The first-order valence-electron chi connectivity index (χ1n) is 7.44. The first-order chi connectivity index (χ1) is 9.96. The average molecular weight is 292 g/mol. The maximum Gasteiger partial charge on any atom is 0.410 e.